The molecule has 0 atom stereocenters. The summed E-state index contributed by atoms with van der Waals surface area (Å²) < 4.78 is 11.4. The highest BCUT2D eigenvalue weighted by molar-refractivity contribution is 5.32. The molecule has 0 radical (unpaired) electrons. The summed E-state index contributed by atoms with van der Waals surface area (Å²) in [4.78, 5) is 0. The maximum absolute atomic E-state index is 10.6. The lowest BCUT2D eigenvalue weighted by atomic mass is 9.73. The third-order valence-electron chi connectivity index (χ3n) is 4.14. The number of ether oxygens (including phenoxy) is 2. The van der Waals surface area contributed by atoms with E-state index in [0.717, 1.165) is 50.2 Å². The Balaban J connectivity index is 1.80. The van der Waals surface area contributed by atoms with Crippen molar-refractivity contribution in [3.63, 3.8) is 0 Å². The second-order valence-corrected chi connectivity index (χ2v) is 6.01. The zero-order chi connectivity index (χ0) is 15.1. The first-order valence-corrected chi connectivity index (χ1v) is 8.25. The molecule has 118 valence electrons. The van der Waals surface area contributed by atoms with Crippen LogP contribution in [0.15, 0.2) is 24.3 Å². The molecule has 21 heavy (non-hydrogen) atoms. The molecule has 0 heterocycles. The van der Waals surface area contributed by atoms with Gasteiger partial charge in [0.1, 0.15) is 5.75 Å². The molecule has 3 nitrogen and oxygen atoms in total. The quantitative estimate of drug-likeness (QED) is 0.698. The molecule has 1 aliphatic carbocycles. The van der Waals surface area contributed by atoms with Crippen LogP contribution in [0.1, 0.15) is 57.9 Å². The minimum absolute atomic E-state index is 0.210. The zero-order valence-corrected chi connectivity index (χ0v) is 13.3. The Morgan fingerprint density at radius 3 is 2.29 bits per heavy atom. The predicted molar refractivity (Wildman–Crippen MR) is 84.6 cm³/mol. The molecule has 2 rings (SSSR count). The van der Waals surface area contributed by atoms with Crippen molar-refractivity contribution in [1.82, 2.24) is 0 Å². The largest absolute Gasteiger partial charge is 0.494 e. The molecular formula is C18H28O3. The van der Waals surface area contributed by atoms with Crippen LogP contribution in [0, 0.1) is 0 Å². The molecule has 1 aromatic carbocycles. The van der Waals surface area contributed by atoms with Crippen LogP contribution in [-0.2, 0) is 10.3 Å². The van der Waals surface area contributed by atoms with E-state index in [-0.39, 0.29) is 6.10 Å². The fourth-order valence-electron chi connectivity index (χ4n) is 2.64. The molecule has 1 aromatic rings. The average molecular weight is 292 g/mol. The Hall–Kier alpha value is -1.06. The maximum Gasteiger partial charge on any atom is 0.119 e. The lowest BCUT2D eigenvalue weighted by Crippen LogP contribution is -2.46. The molecule has 1 N–H and O–H groups in total. The lowest BCUT2D eigenvalue weighted by Gasteiger charge is -2.43. The van der Waals surface area contributed by atoms with Crippen molar-refractivity contribution < 1.29 is 14.6 Å². The first-order valence-electron chi connectivity index (χ1n) is 8.25. The highest BCUT2D eigenvalue weighted by Crippen LogP contribution is 2.43. The van der Waals surface area contributed by atoms with Gasteiger partial charge in [-0.25, -0.2) is 0 Å². The van der Waals surface area contributed by atoms with Gasteiger partial charge in [0.25, 0.3) is 0 Å². The van der Waals surface area contributed by atoms with Gasteiger partial charge in [0.05, 0.1) is 18.3 Å². The van der Waals surface area contributed by atoms with Crippen molar-refractivity contribution in [1.29, 1.82) is 0 Å². The molecule has 1 aliphatic rings. The molecular weight excluding hydrogens is 264 g/mol. The van der Waals surface area contributed by atoms with Gasteiger partial charge < -0.3 is 14.6 Å². The van der Waals surface area contributed by atoms with Crippen molar-refractivity contribution in [2.75, 3.05) is 13.2 Å². The molecule has 0 saturated heterocycles. The molecule has 0 aliphatic heterocycles. The van der Waals surface area contributed by atoms with E-state index in [9.17, 15) is 5.11 Å². The van der Waals surface area contributed by atoms with Crippen molar-refractivity contribution in [3.05, 3.63) is 29.8 Å². The van der Waals surface area contributed by atoms with Crippen LogP contribution in [0.3, 0.4) is 0 Å². The smallest absolute Gasteiger partial charge is 0.119 e. The van der Waals surface area contributed by atoms with Crippen LogP contribution in [0.25, 0.3) is 0 Å². The van der Waals surface area contributed by atoms with Crippen molar-refractivity contribution >= 4 is 0 Å². The number of aliphatic hydroxyl groups is 1. The van der Waals surface area contributed by atoms with Gasteiger partial charge in [0.15, 0.2) is 0 Å². The van der Waals surface area contributed by atoms with Crippen LogP contribution >= 0.6 is 0 Å². The van der Waals surface area contributed by atoms with Crippen LogP contribution in [0.2, 0.25) is 0 Å². The summed E-state index contributed by atoms with van der Waals surface area (Å²) in [6, 6.07) is 7.86. The topological polar surface area (TPSA) is 38.7 Å². The monoisotopic (exact) mass is 292 g/mol. The molecule has 3 heteroatoms. The van der Waals surface area contributed by atoms with E-state index in [0.29, 0.717) is 12.8 Å². The Morgan fingerprint density at radius 1 is 1.05 bits per heavy atom. The van der Waals surface area contributed by atoms with Gasteiger partial charge in [-0.05, 0) is 30.5 Å². The van der Waals surface area contributed by atoms with E-state index in [4.69, 9.17) is 9.47 Å². The van der Waals surface area contributed by atoms with E-state index in [1.165, 1.54) is 0 Å². The molecule has 0 aromatic heterocycles. The lowest BCUT2D eigenvalue weighted by molar-refractivity contribution is -0.145. The van der Waals surface area contributed by atoms with Gasteiger partial charge in [-0.15, -0.1) is 0 Å². The van der Waals surface area contributed by atoms with Crippen molar-refractivity contribution in [2.45, 2.75) is 64.1 Å². The average Bonchev–Trinajstić information content (AvgIpc) is 2.46. The molecule has 1 fully saturated rings. The SMILES string of the molecule is CCCCOc1ccc(C2(O)CC(OCCCC)C2)cc1. The third-order valence-corrected chi connectivity index (χ3v) is 4.14. The Kier molecular flexibility index (Phi) is 6.07. The third kappa shape index (κ3) is 4.45. The molecule has 1 saturated carbocycles. The normalized spacial score (nSPS) is 24.6. The number of benzene rings is 1. The van der Waals surface area contributed by atoms with Crippen LogP contribution in [0.4, 0.5) is 0 Å². The van der Waals surface area contributed by atoms with E-state index in [1.807, 2.05) is 24.3 Å². The fourth-order valence-corrected chi connectivity index (χ4v) is 2.64. The Morgan fingerprint density at radius 2 is 1.67 bits per heavy atom. The van der Waals surface area contributed by atoms with Gasteiger partial charge in [-0.2, -0.15) is 0 Å². The summed E-state index contributed by atoms with van der Waals surface area (Å²) in [5.41, 5.74) is 0.263. The minimum Gasteiger partial charge on any atom is -0.494 e. The molecule has 0 bridgehead atoms. The molecule has 0 spiro atoms. The van der Waals surface area contributed by atoms with Gasteiger partial charge in [-0.1, -0.05) is 38.8 Å². The van der Waals surface area contributed by atoms with Gasteiger partial charge in [0, 0.05) is 19.4 Å². The Bertz CT molecular complexity index is 407. The molecule has 0 unspecified atom stereocenters. The van der Waals surface area contributed by atoms with E-state index >= 15 is 0 Å². The minimum atomic E-state index is -0.709. The van der Waals surface area contributed by atoms with Crippen LogP contribution in [0.5, 0.6) is 5.75 Å². The summed E-state index contributed by atoms with van der Waals surface area (Å²) in [6.07, 6.45) is 6.07. The summed E-state index contributed by atoms with van der Waals surface area (Å²) in [5, 5.41) is 10.6. The number of hydrogen-bond acceptors (Lipinski definition) is 3. The standard InChI is InChI=1S/C18H28O3/c1-3-5-11-20-16-9-7-15(8-10-16)18(19)13-17(14-18)21-12-6-4-2/h7-10,17,19H,3-6,11-14H2,1-2H3. The van der Waals surface area contributed by atoms with Gasteiger partial charge in [-0.3, -0.25) is 0 Å². The predicted octanol–water partition coefficient (Wildman–Crippen LogP) is 4.03. The number of hydrogen-bond donors (Lipinski definition) is 1. The highest BCUT2D eigenvalue weighted by Gasteiger charge is 2.44. The first-order chi connectivity index (χ1) is 10.2. The fraction of sp³-hybridized carbons (Fsp3) is 0.667. The second-order valence-electron chi connectivity index (χ2n) is 6.01. The summed E-state index contributed by atoms with van der Waals surface area (Å²) in [5.74, 6) is 0.880. The summed E-state index contributed by atoms with van der Waals surface area (Å²) in [7, 11) is 0. The summed E-state index contributed by atoms with van der Waals surface area (Å²) >= 11 is 0. The van der Waals surface area contributed by atoms with E-state index in [1.54, 1.807) is 0 Å². The number of rotatable bonds is 9. The van der Waals surface area contributed by atoms with E-state index in [2.05, 4.69) is 13.8 Å². The van der Waals surface area contributed by atoms with E-state index < -0.39 is 5.60 Å². The second kappa shape index (κ2) is 7.81. The van der Waals surface area contributed by atoms with Gasteiger partial charge >= 0.3 is 0 Å². The molecule has 0 amide bonds. The van der Waals surface area contributed by atoms with Crippen molar-refractivity contribution in [3.8, 4) is 5.75 Å². The Labute approximate surface area is 128 Å². The van der Waals surface area contributed by atoms with Gasteiger partial charge in [0.2, 0.25) is 0 Å². The zero-order valence-electron chi connectivity index (χ0n) is 13.3. The summed E-state index contributed by atoms with van der Waals surface area (Å²) in [6.45, 7) is 5.87. The maximum atomic E-state index is 10.6. The first kappa shape index (κ1) is 16.3. The highest BCUT2D eigenvalue weighted by atomic mass is 16.5. The number of unbranched alkanes of at least 4 members (excludes halogenated alkanes) is 2. The van der Waals surface area contributed by atoms with Crippen LogP contribution < -0.4 is 4.74 Å². The van der Waals surface area contributed by atoms with Crippen molar-refractivity contribution in [2.24, 2.45) is 0 Å². The van der Waals surface area contributed by atoms with Crippen LogP contribution in [-0.4, -0.2) is 24.4 Å².